The number of nitrogens with one attached hydrogen (secondary N) is 1. The summed E-state index contributed by atoms with van der Waals surface area (Å²) in [5.41, 5.74) is 0. The fourth-order valence-corrected chi connectivity index (χ4v) is 6.53. The average Bonchev–Trinajstić information content (AvgIpc) is 2.44. The van der Waals surface area contributed by atoms with Gasteiger partial charge in [0, 0.05) is 17.8 Å². The highest BCUT2D eigenvalue weighted by Gasteiger charge is 2.50. The first-order chi connectivity index (χ1) is 10.2. The molecule has 118 valence electrons. The monoisotopic (exact) mass is 309 g/mol. The van der Waals surface area contributed by atoms with Gasteiger partial charge in [0.15, 0.2) is 0 Å². The second-order valence-electron chi connectivity index (χ2n) is 8.33. The van der Waals surface area contributed by atoms with Crippen LogP contribution in [-0.4, -0.2) is 17.8 Å². The Morgan fingerprint density at radius 2 is 1.62 bits per heavy atom. The summed E-state index contributed by atoms with van der Waals surface area (Å²) in [5.74, 6) is 4.64. The lowest BCUT2D eigenvalue weighted by molar-refractivity contribution is -0.138. The van der Waals surface area contributed by atoms with Crippen molar-refractivity contribution < 1.29 is 4.79 Å². The van der Waals surface area contributed by atoms with Crippen molar-refractivity contribution in [3.05, 3.63) is 0 Å². The Labute approximate surface area is 133 Å². The molecular formula is C18H28ClNO. The highest BCUT2D eigenvalue weighted by Crippen LogP contribution is 2.56. The molecule has 3 heteroatoms. The number of hydrogen-bond acceptors (Lipinski definition) is 1. The number of carbonyl (C=O) groups excluding carboxylic acids is 1. The molecule has 1 amide bonds. The molecule has 5 saturated carbocycles. The number of alkyl halides is 1. The minimum absolute atomic E-state index is 0.335. The summed E-state index contributed by atoms with van der Waals surface area (Å²) >= 11 is 6.26. The molecule has 0 aromatic heterocycles. The third kappa shape index (κ3) is 2.85. The molecule has 0 saturated heterocycles. The molecule has 5 fully saturated rings. The van der Waals surface area contributed by atoms with Gasteiger partial charge in [-0.1, -0.05) is 6.42 Å². The SMILES string of the molecule is O=C(NCC1CCCC(Cl)C1)C1C2CC3CC(C2)CC1C3. The molecule has 5 rings (SSSR count). The van der Waals surface area contributed by atoms with Crippen LogP contribution in [0, 0.1) is 35.5 Å². The van der Waals surface area contributed by atoms with E-state index in [1.807, 2.05) is 0 Å². The van der Waals surface area contributed by atoms with E-state index in [0.29, 0.717) is 35.0 Å². The summed E-state index contributed by atoms with van der Waals surface area (Å²) in [4.78, 5) is 12.7. The normalized spacial score (nSPS) is 48.3. The molecule has 0 aliphatic heterocycles. The van der Waals surface area contributed by atoms with Crippen LogP contribution in [0.5, 0.6) is 0 Å². The predicted molar refractivity (Wildman–Crippen MR) is 85.1 cm³/mol. The van der Waals surface area contributed by atoms with E-state index in [9.17, 15) is 4.79 Å². The van der Waals surface area contributed by atoms with Gasteiger partial charge < -0.3 is 5.32 Å². The Kier molecular flexibility index (Phi) is 3.94. The topological polar surface area (TPSA) is 29.1 Å². The van der Waals surface area contributed by atoms with Crippen molar-refractivity contribution in [3.8, 4) is 0 Å². The lowest BCUT2D eigenvalue weighted by atomic mass is 9.51. The Morgan fingerprint density at radius 3 is 2.24 bits per heavy atom. The van der Waals surface area contributed by atoms with Crippen LogP contribution in [0.4, 0.5) is 0 Å². The maximum atomic E-state index is 12.7. The zero-order valence-electron chi connectivity index (χ0n) is 12.9. The smallest absolute Gasteiger partial charge is 0.223 e. The highest BCUT2D eigenvalue weighted by molar-refractivity contribution is 6.20. The third-order valence-electron chi connectivity index (χ3n) is 6.81. The van der Waals surface area contributed by atoms with Crippen LogP contribution >= 0.6 is 11.6 Å². The van der Waals surface area contributed by atoms with E-state index in [1.165, 1.54) is 44.9 Å². The molecule has 2 nitrogen and oxygen atoms in total. The van der Waals surface area contributed by atoms with E-state index < -0.39 is 0 Å². The lowest BCUT2D eigenvalue weighted by Gasteiger charge is -2.53. The van der Waals surface area contributed by atoms with Crippen LogP contribution in [0.1, 0.15) is 57.8 Å². The Balaban J connectivity index is 1.33. The largest absolute Gasteiger partial charge is 0.356 e. The maximum Gasteiger partial charge on any atom is 0.223 e. The van der Waals surface area contributed by atoms with Gasteiger partial charge in [-0.2, -0.15) is 0 Å². The molecule has 0 aromatic carbocycles. The Hall–Kier alpha value is -0.240. The molecule has 21 heavy (non-hydrogen) atoms. The summed E-state index contributed by atoms with van der Waals surface area (Å²) in [6, 6.07) is 0. The van der Waals surface area contributed by atoms with Crippen LogP contribution in [0.15, 0.2) is 0 Å². The number of rotatable bonds is 3. The van der Waals surface area contributed by atoms with Gasteiger partial charge in [0.25, 0.3) is 0 Å². The van der Waals surface area contributed by atoms with Crippen molar-refractivity contribution in [1.82, 2.24) is 5.32 Å². The van der Waals surface area contributed by atoms with Crippen molar-refractivity contribution in [2.24, 2.45) is 35.5 Å². The van der Waals surface area contributed by atoms with Gasteiger partial charge in [-0.25, -0.2) is 0 Å². The highest BCUT2D eigenvalue weighted by atomic mass is 35.5. The first-order valence-electron chi connectivity index (χ1n) is 9.10. The molecule has 0 spiro atoms. The van der Waals surface area contributed by atoms with Gasteiger partial charge >= 0.3 is 0 Å². The molecule has 2 unspecified atom stereocenters. The van der Waals surface area contributed by atoms with Crippen molar-refractivity contribution in [2.45, 2.75) is 63.2 Å². The quantitative estimate of drug-likeness (QED) is 0.785. The molecule has 5 aliphatic carbocycles. The zero-order valence-corrected chi connectivity index (χ0v) is 13.7. The minimum Gasteiger partial charge on any atom is -0.356 e. The molecule has 4 bridgehead atoms. The van der Waals surface area contributed by atoms with E-state index in [1.54, 1.807) is 0 Å². The molecular weight excluding hydrogens is 282 g/mol. The van der Waals surface area contributed by atoms with Crippen LogP contribution in [-0.2, 0) is 4.79 Å². The van der Waals surface area contributed by atoms with Gasteiger partial charge in [-0.15, -0.1) is 11.6 Å². The Bertz CT molecular complexity index is 382. The first-order valence-corrected chi connectivity index (χ1v) is 9.54. The Morgan fingerprint density at radius 1 is 0.952 bits per heavy atom. The molecule has 1 N–H and O–H groups in total. The van der Waals surface area contributed by atoms with Crippen LogP contribution in [0.3, 0.4) is 0 Å². The lowest BCUT2D eigenvalue weighted by Crippen LogP contribution is -2.51. The molecule has 0 aromatic rings. The number of hydrogen-bond donors (Lipinski definition) is 1. The molecule has 2 atom stereocenters. The summed E-state index contributed by atoms with van der Waals surface area (Å²) in [7, 11) is 0. The number of amides is 1. The van der Waals surface area contributed by atoms with E-state index >= 15 is 0 Å². The first kappa shape index (κ1) is 14.4. The van der Waals surface area contributed by atoms with Gasteiger partial charge in [-0.05, 0) is 81.0 Å². The average molecular weight is 310 g/mol. The standard InChI is InChI=1S/C18H28ClNO/c19-16-3-1-2-11(9-16)10-20-18(21)17-14-5-12-4-13(7-14)8-15(17)6-12/h11-17H,1-10H2,(H,20,21). The van der Waals surface area contributed by atoms with Crippen molar-refractivity contribution in [3.63, 3.8) is 0 Å². The van der Waals surface area contributed by atoms with Crippen LogP contribution in [0.2, 0.25) is 0 Å². The van der Waals surface area contributed by atoms with E-state index in [-0.39, 0.29) is 0 Å². The number of carbonyl (C=O) groups is 1. The molecule has 0 heterocycles. The van der Waals surface area contributed by atoms with Gasteiger partial charge in [-0.3, -0.25) is 4.79 Å². The van der Waals surface area contributed by atoms with Crippen molar-refractivity contribution in [2.75, 3.05) is 6.54 Å². The maximum absolute atomic E-state index is 12.7. The number of halogens is 1. The van der Waals surface area contributed by atoms with E-state index in [2.05, 4.69) is 5.32 Å². The van der Waals surface area contributed by atoms with Crippen molar-refractivity contribution >= 4 is 17.5 Å². The summed E-state index contributed by atoms with van der Waals surface area (Å²) < 4.78 is 0. The van der Waals surface area contributed by atoms with Crippen LogP contribution in [0.25, 0.3) is 0 Å². The van der Waals surface area contributed by atoms with Gasteiger partial charge in [0.1, 0.15) is 0 Å². The fourth-order valence-electron chi connectivity index (χ4n) is 6.13. The summed E-state index contributed by atoms with van der Waals surface area (Å²) in [6.07, 6.45) is 11.5. The van der Waals surface area contributed by atoms with Crippen molar-refractivity contribution in [1.29, 1.82) is 0 Å². The van der Waals surface area contributed by atoms with Crippen LogP contribution < -0.4 is 5.32 Å². The third-order valence-corrected chi connectivity index (χ3v) is 7.21. The second kappa shape index (κ2) is 5.76. The van der Waals surface area contributed by atoms with E-state index in [0.717, 1.165) is 31.2 Å². The minimum atomic E-state index is 0.335. The molecule has 5 aliphatic rings. The second-order valence-corrected chi connectivity index (χ2v) is 8.95. The zero-order chi connectivity index (χ0) is 14.4. The summed E-state index contributed by atoms with van der Waals surface area (Å²) in [5, 5.41) is 3.64. The van der Waals surface area contributed by atoms with Gasteiger partial charge in [0.2, 0.25) is 5.91 Å². The predicted octanol–water partition coefficient (Wildman–Crippen LogP) is 3.97. The van der Waals surface area contributed by atoms with E-state index in [4.69, 9.17) is 11.6 Å². The summed E-state index contributed by atoms with van der Waals surface area (Å²) in [6.45, 7) is 0.866. The fraction of sp³-hybridized carbons (Fsp3) is 0.944. The van der Waals surface area contributed by atoms with Gasteiger partial charge in [0.05, 0.1) is 0 Å². The molecule has 0 radical (unpaired) electrons.